The minimum Gasteiger partial charge on any atom is -0.488 e. The van der Waals surface area contributed by atoms with E-state index in [-0.39, 0.29) is 39.5 Å². The van der Waals surface area contributed by atoms with Gasteiger partial charge in [0.1, 0.15) is 49.4 Å². The highest BCUT2D eigenvalue weighted by Crippen LogP contribution is 2.38. The van der Waals surface area contributed by atoms with Crippen LogP contribution in [0.25, 0.3) is 11.1 Å². The van der Waals surface area contributed by atoms with E-state index in [9.17, 15) is 9.59 Å². The second-order valence-corrected chi connectivity index (χ2v) is 19.5. The molecule has 0 saturated carbocycles. The molecule has 78 heavy (non-hydrogen) atoms. The fraction of sp³-hybridized carbons (Fsp3) is 0.241. The van der Waals surface area contributed by atoms with Crippen molar-refractivity contribution in [2.24, 2.45) is 21.5 Å². The number of amides is 2. The Labute approximate surface area is 461 Å². The first kappa shape index (κ1) is 54.4. The molecule has 400 valence electrons. The number of nitrogens with one attached hydrogen (secondary N) is 4. The highest BCUT2D eigenvalue weighted by atomic mass is 35.5. The molecule has 2 atom stereocenters. The highest BCUT2D eigenvalue weighted by Gasteiger charge is 2.22. The molecule has 0 bridgehead atoms. The van der Waals surface area contributed by atoms with Crippen molar-refractivity contribution in [2.75, 3.05) is 13.6 Å². The van der Waals surface area contributed by atoms with Gasteiger partial charge in [-0.15, -0.1) is 0 Å². The molecule has 1 aliphatic heterocycles. The third-order valence-electron chi connectivity index (χ3n) is 13.2. The zero-order chi connectivity index (χ0) is 54.5. The number of nitrogens with two attached hydrogens (primary N) is 2. The van der Waals surface area contributed by atoms with E-state index < -0.39 is 23.9 Å². The molecule has 0 radical (unpaired) electrons. The number of hydrogen-bond donors (Lipinski definition) is 6. The summed E-state index contributed by atoms with van der Waals surface area (Å²) >= 11 is 13.9. The van der Waals surface area contributed by atoms with E-state index in [1.54, 1.807) is 87.4 Å². The summed E-state index contributed by atoms with van der Waals surface area (Å²) < 4.78 is 25.9. The monoisotopic (exact) mass is 1090 g/mol. The number of halogens is 2. The quantitative estimate of drug-likeness (QED) is 0.0268. The lowest BCUT2D eigenvalue weighted by atomic mass is 9.92. The van der Waals surface area contributed by atoms with E-state index in [0.717, 1.165) is 72.7 Å². The molecule has 8 N–H and O–H groups in total. The summed E-state index contributed by atoms with van der Waals surface area (Å²) in [4.78, 5) is 56.4. The highest BCUT2D eigenvalue weighted by molar-refractivity contribution is 6.32. The number of hydrogen-bond acceptors (Lipinski definition) is 14. The summed E-state index contributed by atoms with van der Waals surface area (Å²) in [5.41, 5.74) is 25.0. The number of benzene rings is 4. The second-order valence-electron chi connectivity index (χ2n) is 18.7. The van der Waals surface area contributed by atoms with Crippen molar-refractivity contribution in [1.29, 1.82) is 0 Å². The number of pyridine rings is 2. The minimum absolute atomic E-state index is 0.191. The lowest BCUT2D eigenvalue weighted by Crippen LogP contribution is -2.42. The molecule has 9 rings (SSSR count). The van der Waals surface area contributed by atoms with Gasteiger partial charge in [-0.1, -0.05) is 59.6 Å². The normalized spacial score (nSPS) is 12.8. The van der Waals surface area contributed by atoms with Crippen LogP contribution >= 0.6 is 23.2 Å². The molecule has 5 heterocycles. The molecule has 0 unspecified atom stereocenters. The van der Waals surface area contributed by atoms with Gasteiger partial charge in [0.2, 0.25) is 11.8 Å². The Morgan fingerprint density at radius 2 is 1.12 bits per heavy atom. The Kier molecular flexibility index (Phi) is 17.9. The molecule has 18 nitrogen and oxygen atoms in total. The van der Waals surface area contributed by atoms with Crippen molar-refractivity contribution in [1.82, 2.24) is 40.5 Å². The van der Waals surface area contributed by atoms with Crippen LogP contribution in [0.5, 0.6) is 23.0 Å². The number of carbonyl (C=O) groups is 2. The van der Waals surface area contributed by atoms with Gasteiger partial charge in [0.05, 0.1) is 47.0 Å². The lowest BCUT2D eigenvalue weighted by Gasteiger charge is -2.20. The van der Waals surface area contributed by atoms with Crippen molar-refractivity contribution in [2.45, 2.75) is 78.3 Å². The predicted molar refractivity (Wildman–Crippen MR) is 299 cm³/mol. The molecule has 1 aliphatic rings. The number of H-pyrrole nitrogens is 2. The molecular formula is C58H58Cl2N12O6. The second kappa shape index (κ2) is 25.6. The zero-order valence-corrected chi connectivity index (χ0v) is 44.7. The van der Waals surface area contributed by atoms with Gasteiger partial charge < -0.3 is 51.0 Å². The van der Waals surface area contributed by atoms with Gasteiger partial charge in [0.15, 0.2) is 0 Å². The Bertz CT molecular complexity index is 3460. The van der Waals surface area contributed by atoms with Crippen LogP contribution in [0.15, 0.2) is 133 Å². The topological polar surface area (TPSA) is 255 Å². The van der Waals surface area contributed by atoms with Crippen LogP contribution in [-0.2, 0) is 61.9 Å². The predicted octanol–water partition coefficient (Wildman–Crippen LogP) is 8.05. The maximum atomic E-state index is 12.5. The van der Waals surface area contributed by atoms with Crippen molar-refractivity contribution in [3.05, 3.63) is 200 Å². The number of primary amides is 2. The molecule has 0 spiro atoms. The largest absolute Gasteiger partial charge is 0.488 e. The van der Waals surface area contributed by atoms with Crippen LogP contribution in [0.4, 0.5) is 0 Å². The first-order valence-corrected chi connectivity index (χ1v) is 25.8. The summed E-state index contributed by atoms with van der Waals surface area (Å²) in [6.07, 6.45) is 15.8. The van der Waals surface area contributed by atoms with E-state index in [0.29, 0.717) is 63.6 Å². The van der Waals surface area contributed by atoms with Crippen LogP contribution < -0.4 is 41.0 Å². The van der Waals surface area contributed by atoms with Crippen LogP contribution in [0, 0.1) is 13.8 Å². The van der Waals surface area contributed by atoms with Gasteiger partial charge in [-0.2, -0.15) is 0 Å². The van der Waals surface area contributed by atoms with Crippen molar-refractivity contribution in [3.8, 4) is 34.1 Å². The minimum atomic E-state index is -0.696. The Morgan fingerprint density at radius 1 is 0.628 bits per heavy atom. The standard InChI is InChI=1S/C58H58Cl2N12O6/c1-34-39(30-77-55-16-53(75-28-37-10-36(18-63-3)19-64-20-37)42(12-48(55)59)23-68-50(57(61)73)14-44-25-66-32-71-44)6-4-8-46(34)47-9-5-7-40(35(47)2)31-78-56-17-54(76-29-38-11-41(22-65-21-38)52-27-70-52)43(13-49(56)60)24-69-51(58(62)74)15-45-26-67-33-72-45/h4-13,16-22,25-26,32-33,50-51,68-69H,14-15,23-24,27-31H2,1-3H3,(H2,61,73)(H2,62,74)(H,66,71)(H,67,72)/t50-,51-/m0/s1. The average Bonchev–Trinajstić information content (AvgIpc) is 3.93. The smallest absolute Gasteiger partial charge is 0.234 e. The number of carbonyl (C=O) groups excluding carboxylic acids is 2. The first-order valence-electron chi connectivity index (χ1n) is 25.1. The SMILES string of the molecule is CN=Cc1cncc(COc2cc(OCc3cccc(-c4cccc(COc5cc(OCc6cncc(C7=NC7)c6)c(CN[C@@H](Cc6cnc[nH]6)C(N)=O)cc5Cl)c4C)c3C)c(Cl)cc2CN[C@@H](Cc2cnc[nH]2)C(N)=O)c1. The zero-order valence-electron chi connectivity index (χ0n) is 43.2. The van der Waals surface area contributed by atoms with E-state index in [1.165, 1.54) is 0 Å². The van der Waals surface area contributed by atoms with Crippen LogP contribution in [0.2, 0.25) is 10.0 Å². The first-order chi connectivity index (χ1) is 37.9. The van der Waals surface area contributed by atoms with Crippen LogP contribution in [0.3, 0.4) is 0 Å². The van der Waals surface area contributed by atoms with Gasteiger partial charge in [-0.05, 0) is 71.5 Å². The van der Waals surface area contributed by atoms with E-state index in [2.05, 4.69) is 76.5 Å². The van der Waals surface area contributed by atoms with Crippen molar-refractivity contribution < 1.29 is 28.5 Å². The van der Waals surface area contributed by atoms with E-state index >= 15 is 0 Å². The third-order valence-corrected chi connectivity index (χ3v) is 13.8. The Balaban J connectivity index is 0.913. The van der Waals surface area contributed by atoms with Crippen LogP contribution in [-0.4, -0.2) is 79.3 Å². The average molecular weight is 1090 g/mol. The van der Waals surface area contributed by atoms with Gasteiger partial charge in [-0.3, -0.25) is 29.5 Å². The molecule has 2 amide bonds. The van der Waals surface area contributed by atoms with Gasteiger partial charge in [-0.25, -0.2) is 9.97 Å². The number of rotatable bonds is 27. The van der Waals surface area contributed by atoms with Gasteiger partial charge in [0, 0.05) is 133 Å². The molecule has 8 aromatic rings. The maximum Gasteiger partial charge on any atom is 0.234 e. The Morgan fingerprint density at radius 3 is 1.58 bits per heavy atom. The molecule has 0 fully saturated rings. The molecule has 0 saturated heterocycles. The summed E-state index contributed by atoms with van der Waals surface area (Å²) in [7, 11) is 1.70. The summed E-state index contributed by atoms with van der Waals surface area (Å²) in [6, 6.07) is 21.9. The third kappa shape index (κ3) is 14.1. The molecule has 20 heteroatoms. The number of imidazole rings is 2. The van der Waals surface area contributed by atoms with Gasteiger partial charge >= 0.3 is 0 Å². The summed E-state index contributed by atoms with van der Waals surface area (Å²) in [6.45, 7) is 6.09. The molecular weight excluding hydrogens is 1030 g/mol. The number of aromatic nitrogens is 6. The fourth-order valence-electron chi connectivity index (χ4n) is 8.81. The number of ether oxygens (including phenoxy) is 4. The van der Waals surface area contributed by atoms with E-state index in [4.69, 9.17) is 53.6 Å². The number of aliphatic imine (C=N–C) groups is 2. The fourth-order valence-corrected chi connectivity index (χ4v) is 9.29. The van der Waals surface area contributed by atoms with E-state index in [1.807, 2.05) is 36.4 Å². The van der Waals surface area contributed by atoms with Crippen molar-refractivity contribution >= 4 is 46.9 Å². The molecule has 4 aromatic heterocycles. The summed E-state index contributed by atoms with van der Waals surface area (Å²) in [5, 5.41) is 7.26. The van der Waals surface area contributed by atoms with Gasteiger partial charge in [0.25, 0.3) is 0 Å². The lowest BCUT2D eigenvalue weighted by molar-refractivity contribution is -0.120. The maximum absolute atomic E-state index is 12.5. The molecule has 4 aromatic carbocycles. The summed E-state index contributed by atoms with van der Waals surface area (Å²) in [5.74, 6) is 0.819. The number of aromatic amines is 2. The van der Waals surface area contributed by atoms with Crippen LogP contribution in [0.1, 0.15) is 67.0 Å². The Hall–Kier alpha value is -8.42. The van der Waals surface area contributed by atoms with Crippen molar-refractivity contribution in [3.63, 3.8) is 0 Å². The molecule has 0 aliphatic carbocycles. The number of nitrogens with zero attached hydrogens (tertiary/aromatic N) is 6.